The number of benzene rings is 1. The van der Waals surface area contributed by atoms with Crippen LogP contribution in [0.4, 0.5) is 5.82 Å². The molecule has 0 bridgehead atoms. The lowest BCUT2D eigenvalue weighted by Crippen LogP contribution is -2.29. The largest absolute Gasteiger partial charge is 0.383 e. The van der Waals surface area contributed by atoms with Gasteiger partial charge in [0.25, 0.3) is 0 Å². The first kappa shape index (κ1) is 18.3. The predicted molar refractivity (Wildman–Crippen MR) is 116 cm³/mol. The monoisotopic (exact) mass is 395 g/mol. The van der Waals surface area contributed by atoms with Gasteiger partial charge in [-0.2, -0.15) is 10.4 Å². The van der Waals surface area contributed by atoms with Gasteiger partial charge in [-0.05, 0) is 44.1 Å². The van der Waals surface area contributed by atoms with E-state index in [9.17, 15) is 5.26 Å². The fourth-order valence-corrected chi connectivity index (χ4v) is 4.01. The van der Waals surface area contributed by atoms with Crippen molar-refractivity contribution in [2.75, 3.05) is 18.8 Å². The van der Waals surface area contributed by atoms with Gasteiger partial charge >= 0.3 is 0 Å². The Hall–Kier alpha value is -3.76. The van der Waals surface area contributed by atoms with Crippen molar-refractivity contribution in [1.29, 1.82) is 5.26 Å². The molecule has 4 aromatic rings. The summed E-state index contributed by atoms with van der Waals surface area (Å²) in [6, 6.07) is 12.2. The van der Waals surface area contributed by atoms with Gasteiger partial charge in [-0.25, -0.2) is 4.98 Å². The summed E-state index contributed by atoms with van der Waals surface area (Å²) in [5.41, 5.74) is 10.2. The molecule has 0 saturated carbocycles. The molecule has 148 valence electrons. The van der Waals surface area contributed by atoms with E-state index in [2.05, 4.69) is 37.3 Å². The molecule has 1 aliphatic heterocycles. The van der Waals surface area contributed by atoms with Crippen LogP contribution in [-0.4, -0.2) is 32.8 Å². The van der Waals surface area contributed by atoms with Crippen LogP contribution in [0, 0.1) is 11.3 Å². The third-order valence-corrected chi connectivity index (χ3v) is 5.70. The van der Waals surface area contributed by atoms with Crippen molar-refractivity contribution in [2.45, 2.75) is 18.9 Å². The van der Waals surface area contributed by atoms with Gasteiger partial charge in [0.15, 0.2) is 0 Å². The number of nitrogens with zero attached hydrogens (tertiary/aromatic N) is 5. The maximum absolute atomic E-state index is 9.43. The molecule has 0 amide bonds. The van der Waals surface area contributed by atoms with Crippen molar-refractivity contribution in [3.8, 4) is 28.5 Å². The van der Waals surface area contributed by atoms with Gasteiger partial charge in [0.1, 0.15) is 5.82 Å². The first-order chi connectivity index (χ1) is 14.7. The molecule has 1 fully saturated rings. The number of nitriles is 1. The lowest BCUT2D eigenvalue weighted by Gasteiger charge is -2.22. The summed E-state index contributed by atoms with van der Waals surface area (Å²) in [5, 5.41) is 19.2. The lowest BCUT2D eigenvalue weighted by atomic mass is 10.0. The van der Waals surface area contributed by atoms with Gasteiger partial charge in [0.05, 0.1) is 29.6 Å². The average molecular weight is 395 g/mol. The first-order valence-electron chi connectivity index (χ1n) is 10.0. The Labute approximate surface area is 174 Å². The number of hydrogen-bond donors (Lipinski definition) is 2. The first-order valence-corrected chi connectivity index (χ1v) is 10.0. The van der Waals surface area contributed by atoms with Crippen molar-refractivity contribution < 1.29 is 0 Å². The van der Waals surface area contributed by atoms with Crippen molar-refractivity contribution in [3.63, 3.8) is 0 Å². The summed E-state index contributed by atoms with van der Waals surface area (Å²) >= 11 is 0. The normalized spacial score (nSPS) is 14.6. The molecule has 4 heterocycles. The molecule has 1 aromatic carbocycles. The molecule has 3 N–H and O–H groups in total. The number of nitrogens with two attached hydrogens (primary N) is 1. The Morgan fingerprint density at radius 1 is 1.07 bits per heavy atom. The summed E-state index contributed by atoms with van der Waals surface area (Å²) in [4.78, 5) is 8.97. The number of nitrogens with one attached hydrogen (secondary N) is 1. The van der Waals surface area contributed by atoms with Gasteiger partial charge < -0.3 is 11.1 Å². The number of pyridine rings is 2. The van der Waals surface area contributed by atoms with Crippen LogP contribution in [0.2, 0.25) is 0 Å². The summed E-state index contributed by atoms with van der Waals surface area (Å²) < 4.78 is 2.06. The zero-order valence-electron chi connectivity index (χ0n) is 16.4. The second kappa shape index (κ2) is 7.58. The standard InChI is InChI=1S/C23H21N7/c24-10-15-2-1-3-16-11-27-22(9-20(15)16)21-8-17(12-28-23(21)25)18-13-29-30(14-18)19-4-6-26-7-5-19/h1-3,8-9,11-14,19,26H,4-7H2,(H2,25,28). The van der Waals surface area contributed by atoms with E-state index >= 15 is 0 Å². The van der Waals surface area contributed by atoms with Crippen molar-refractivity contribution in [3.05, 3.63) is 60.7 Å². The van der Waals surface area contributed by atoms with Crippen LogP contribution in [0.15, 0.2) is 55.1 Å². The van der Waals surface area contributed by atoms with Crippen LogP contribution in [0.3, 0.4) is 0 Å². The van der Waals surface area contributed by atoms with Crippen LogP contribution in [-0.2, 0) is 0 Å². The number of nitrogen functional groups attached to an aromatic ring is 1. The third-order valence-electron chi connectivity index (χ3n) is 5.70. The van der Waals surface area contributed by atoms with E-state index in [1.165, 1.54) is 0 Å². The van der Waals surface area contributed by atoms with Crippen molar-refractivity contribution in [1.82, 2.24) is 25.1 Å². The Bertz CT molecular complexity index is 1260. The van der Waals surface area contributed by atoms with E-state index in [1.807, 2.05) is 30.5 Å². The van der Waals surface area contributed by atoms with E-state index in [0.29, 0.717) is 23.1 Å². The highest BCUT2D eigenvalue weighted by atomic mass is 15.3. The zero-order valence-corrected chi connectivity index (χ0v) is 16.4. The lowest BCUT2D eigenvalue weighted by molar-refractivity contribution is 0.343. The van der Waals surface area contributed by atoms with Gasteiger partial charge in [-0.3, -0.25) is 9.67 Å². The highest BCUT2D eigenvalue weighted by molar-refractivity contribution is 5.91. The SMILES string of the molecule is N#Cc1cccc2cnc(-c3cc(-c4cnn(C5CCNCC5)c4)cnc3N)cc12. The number of fused-ring (bicyclic) bond motifs is 1. The highest BCUT2D eigenvalue weighted by Crippen LogP contribution is 2.31. The molecule has 3 aromatic heterocycles. The molecule has 0 aliphatic carbocycles. The molecule has 0 atom stereocenters. The summed E-state index contributed by atoms with van der Waals surface area (Å²) in [6.45, 7) is 2.04. The van der Waals surface area contributed by atoms with Crippen LogP contribution in [0.25, 0.3) is 33.2 Å². The number of hydrogen-bond acceptors (Lipinski definition) is 6. The van der Waals surface area contributed by atoms with E-state index in [1.54, 1.807) is 18.5 Å². The Balaban J connectivity index is 1.54. The van der Waals surface area contributed by atoms with Crippen molar-refractivity contribution in [2.24, 2.45) is 0 Å². The average Bonchev–Trinajstić information content (AvgIpc) is 3.29. The van der Waals surface area contributed by atoms with Gasteiger partial charge in [-0.1, -0.05) is 12.1 Å². The number of piperidine rings is 1. The fraction of sp³-hybridized carbons (Fsp3) is 0.217. The van der Waals surface area contributed by atoms with Gasteiger partial charge in [0.2, 0.25) is 0 Å². The van der Waals surface area contributed by atoms with Crippen LogP contribution >= 0.6 is 0 Å². The number of aromatic nitrogens is 4. The molecule has 7 heteroatoms. The van der Waals surface area contributed by atoms with Gasteiger partial charge in [-0.15, -0.1) is 0 Å². The Kier molecular flexibility index (Phi) is 4.62. The molecule has 0 radical (unpaired) electrons. The maximum atomic E-state index is 9.43. The molecule has 7 nitrogen and oxygen atoms in total. The summed E-state index contributed by atoms with van der Waals surface area (Å²) in [5.74, 6) is 0.408. The number of anilines is 1. The van der Waals surface area contributed by atoms with Gasteiger partial charge in [0, 0.05) is 46.1 Å². The molecule has 5 rings (SSSR count). The minimum absolute atomic E-state index is 0.408. The fourth-order valence-electron chi connectivity index (χ4n) is 4.01. The van der Waals surface area contributed by atoms with Crippen LogP contribution in [0.1, 0.15) is 24.4 Å². The van der Waals surface area contributed by atoms with E-state index in [0.717, 1.165) is 53.4 Å². The van der Waals surface area contributed by atoms with E-state index in [-0.39, 0.29) is 0 Å². The summed E-state index contributed by atoms with van der Waals surface area (Å²) in [6.07, 6.45) is 9.65. The molecule has 1 saturated heterocycles. The molecular formula is C23H21N7. The highest BCUT2D eigenvalue weighted by Gasteiger charge is 2.17. The Morgan fingerprint density at radius 3 is 2.77 bits per heavy atom. The predicted octanol–water partition coefficient (Wildman–Crippen LogP) is 3.54. The quantitative estimate of drug-likeness (QED) is 0.550. The maximum Gasteiger partial charge on any atom is 0.132 e. The van der Waals surface area contributed by atoms with E-state index in [4.69, 9.17) is 5.73 Å². The topological polar surface area (TPSA) is 105 Å². The molecule has 30 heavy (non-hydrogen) atoms. The Morgan fingerprint density at radius 2 is 1.93 bits per heavy atom. The molecule has 0 unspecified atom stereocenters. The third kappa shape index (κ3) is 3.27. The summed E-state index contributed by atoms with van der Waals surface area (Å²) in [7, 11) is 0. The smallest absolute Gasteiger partial charge is 0.132 e. The molecule has 1 aliphatic rings. The number of rotatable bonds is 3. The second-order valence-corrected chi connectivity index (χ2v) is 7.56. The zero-order chi connectivity index (χ0) is 20.5. The molecule has 0 spiro atoms. The second-order valence-electron chi connectivity index (χ2n) is 7.56. The van der Waals surface area contributed by atoms with E-state index < -0.39 is 0 Å². The van der Waals surface area contributed by atoms with Crippen LogP contribution in [0.5, 0.6) is 0 Å². The minimum Gasteiger partial charge on any atom is -0.383 e. The minimum atomic E-state index is 0.408. The van der Waals surface area contributed by atoms with Crippen LogP contribution < -0.4 is 11.1 Å². The molecular weight excluding hydrogens is 374 g/mol. The van der Waals surface area contributed by atoms with Crippen molar-refractivity contribution >= 4 is 16.6 Å².